The van der Waals surface area contributed by atoms with Gasteiger partial charge < -0.3 is 10.6 Å². The van der Waals surface area contributed by atoms with Gasteiger partial charge in [0.15, 0.2) is 0 Å². The molecule has 3 nitrogen and oxygen atoms in total. The van der Waals surface area contributed by atoms with Gasteiger partial charge in [0.1, 0.15) is 5.82 Å². The normalized spacial score (nSPS) is 16.5. The highest BCUT2D eigenvalue weighted by Gasteiger charge is 2.29. The molecule has 94 valence electrons. The second-order valence-electron chi connectivity index (χ2n) is 4.42. The molecule has 1 saturated heterocycles. The maximum atomic E-state index is 13.3. The minimum absolute atomic E-state index is 0.330. The van der Waals surface area contributed by atoms with Crippen LogP contribution in [0.25, 0.3) is 0 Å². The zero-order chi connectivity index (χ0) is 12.3. The number of alkyl halides is 2. The van der Waals surface area contributed by atoms with Gasteiger partial charge in [0.2, 0.25) is 0 Å². The van der Waals surface area contributed by atoms with Crippen molar-refractivity contribution in [3.63, 3.8) is 0 Å². The van der Waals surface area contributed by atoms with Gasteiger partial charge in [-0.15, -0.1) is 0 Å². The Kier molecular flexibility index (Phi) is 3.57. The summed E-state index contributed by atoms with van der Waals surface area (Å²) in [5.74, 6) is -2.16. The topological polar surface area (TPSA) is 42.1 Å². The first-order chi connectivity index (χ1) is 8.12. The second-order valence-corrected chi connectivity index (χ2v) is 4.42. The molecule has 0 unspecified atom stereocenters. The molecule has 2 heterocycles. The van der Waals surface area contributed by atoms with Gasteiger partial charge in [0.05, 0.1) is 6.54 Å². The van der Waals surface area contributed by atoms with Crippen LogP contribution in [0.15, 0.2) is 18.3 Å². The summed E-state index contributed by atoms with van der Waals surface area (Å²) in [4.78, 5) is 6.30. The molecule has 0 radical (unpaired) electrons. The molecule has 1 aliphatic heterocycles. The first-order valence-electron chi connectivity index (χ1n) is 5.89. The molecule has 1 fully saturated rings. The molecule has 0 bridgehead atoms. The van der Waals surface area contributed by atoms with Crippen molar-refractivity contribution < 1.29 is 8.78 Å². The Morgan fingerprint density at radius 3 is 2.71 bits per heavy atom. The fourth-order valence-electron chi connectivity index (χ4n) is 2.13. The molecule has 1 aromatic heterocycles. The summed E-state index contributed by atoms with van der Waals surface area (Å²) in [5.41, 5.74) is 5.66. The fourth-order valence-corrected chi connectivity index (χ4v) is 2.13. The van der Waals surface area contributed by atoms with Crippen molar-refractivity contribution in [3.8, 4) is 0 Å². The van der Waals surface area contributed by atoms with E-state index in [-0.39, 0.29) is 6.42 Å². The lowest BCUT2D eigenvalue weighted by molar-refractivity contribution is 0.0115. The van der Waals surface area contributed by atoms with Crippen molar-refractivity contribution in [1.29, 1.82) is 0 Å². The highest BCUT2D eigenvalue weighted by Crippen LogP contribution is 2.27. The van der Waals surface area contributed by atoms with Crippen molar-refractivity contribution in [3.05, 3.63) is 23.9 Å². The zero-order valence-corrected chi connectivity index (χ0v) is 9.70. The Morgan fingerprint density at radius 2 is 2.06 bits per heavy atom. The van der Waals surface area contributed by atoms with Crippen molar-refractivity contribution in [2.24, 2.45) is 5.73 Å². The summed E-state index contributed by atoms with van der Waals surface area (Å²) in [6, 6.07) is 3.41. The Bertz CT molecular complexity index is 376. The van der Waals surface area contributed by atoms with Gasteiger partial charge in [-0.05, 0) is 18.9 Å². The molecule has 1 aromatic rings. The van der Waals surface area contributed by atoms with Crippen LogP contribution < -0.4 is 10.6 Å². The highest BCUT2D eigenvalue weighted by molar-refractivity contribution is 5.47. The molecule has 0 spiro atoms. The predicted octanol–water partition coefficient (Wildman–Crippen LogP) is 1.82. The lowest BCUT2D eigenvalue weighted by atomic mass is 10.1. The molecule has 0 atom stereocenters. The standard InChI is InChI=1S/C12H17F2N3/c13-12(14,9-15)8-10-4-3-5-16-11(10)17-6-1-2-7-17/h3-5H,1-2,6-9,15H2. The third kappa shape index (κ3) is 2.91. The van der Waals surface area contributed by atoms with E-state index in [0.717, 1.165) is 25.9 Å². The van der Waals surface area contributed by atoms with Gasteiger partial charge in [-0.1, -0.05) is 6.07 Å². The molecular weight excluding hydrogens is 224 g/mol. The summed E-state index contributed by atoms with van der Waals surface area (Å²) < 4.78 is 26.7. The van der Waals surface area contributed by atoms with Crippen LogP contribution in [0.5, 0.6) is 0 Å². The summed E-state index contributed by atoms with van der Waals surface area (Å²) in [6.45, 7) is 1.18. The first kappa shape index (κ1) is 12.2. The first-order valence-corrected chi connectivity index (χ1v) is 5.89. The summed E-state index contributed by atoms with van der Waals surface area (Å²) in [5, 5.41) is 0. The third-order valence-corrected chi connectivity index (χ3v) is 3.02. The maximum absolute atomic E-state index is 13.3. The van der Waals surface area contributed by atoms with Crippen LogP contribution in [0, 0.1) is 0 Å². The number of nitrogens with zero attached hydrogens (tertiary/aromatic N) is 2. The van der Waals surface area contributed by atoms with E-state index in [0.29, 0.717) is 11.4 Å². The molecule has 0 amide bonds. The average molecular weight is 241 g/mol. The Labute approximate surface area is 99.6 Å². The third-order valence-electron chi connectivity index (χ3n) is 3.02. The van der Waals surface area contributed by atoms with Crippen molar-refractivity contribution in [2.75, 3.05) is 24.5 Å². The van der Waals surface area contributed by atoms with Crippen LogP contribution in [0.4, 0.5) is 14.6 Å². The van der Waals surface area contributed by atoms with E-state index < -0.39 is 12.5 Å². The molecule has 17 heavy (non-hydrogen) atoms. The lowest BCUT2D eigenvalue weighted by Crippen LogP contribution is -2.31. The van der Waals surface area contributed by atoms with E-state index in [1.165, 1.54) is 0 Å². The Balaban J connectivity index is 2.21. The molecule has 0 saturated carbocycles. The SMILES string of the molecule is NCC(F)(F)Cc1cccnc1N1CCCC1. The van der Waals surface area contributed by atoms with E-state index in [2.05, 4.69) is 9.88 Å². The number of aromatic nitrogens is 1. The van der Waals surface area contributed by atoms with E-state index >= 15 is 0 Å². The Morgan fingerprint density at radius 1 is 1.35 bits per heavy atom. The monoisotopic (exact) mass is 241 g/mol. The number of nitrogens with two attached hydrogens (primary N) is 1. The number of rotatable bonds is 4. The van der Waals surface area contributed by atoms with Crippen LogP contribution in [-0.4, -0.2) is 30.5 Å². The quantitative estimate of drug-likeness (QED) is 0.874. The van der Waals surface area contributed by atoms with Gasteiger partial charge >= 0.3 is 0 Å². The number of hydrogen-bond acceptors (Lipinski definition) is 3. The molecule has 2 rings (SSSR count). The lowest BCUT2D eigenvalue weighted by Gasteiger charge is -2.22. The van der Waals surface area contributed by atoms with Crippen LogP contribution in [-0.2, 0) is 6.42 Å². The van der Waals surface area contributed by atoms with Gasteiger partial charge in [-0.2, -0.15) is 0 Å². The van der Waals surface area contributed by atoms with Crippen molar-refractivity contribution in [1.82, 2.24) is 4.98 Å². The van der Waals surface area contributed by atoms with Gasteiger partial charge in [-0.3, -0.25) is 0 Å². The zero-order valence-electron chi connectivity index (χ0n) is 9.70. The van der Waals surface area contributed by atoms with Crippen LogP contribution in [0.3, 0.4) is 0 Å². The van der Waals surface area contributed by atoms with Gasteiger partial charge in [0, 0.05) is 31.3 Å². The van der Waals surface area contributed by atoms with Gasteiger partial charge in [-0.25, -0.2) is 13.8 Å². The van der Waals surface area contributed by atoms with Crippen molar-refractivity contribution in [2.45, 2.75) is 25.2 Å². The maximum Gasteiger partial charge on any atom is 0.264 e. The number of pyridine rings is 1. The fraction of sp³-hybridized carbons (Fsp3) is 0.583. The average Bonchev–Trinajstić information content (AvgIpc) is 2.83. The van der Waals surface area contributed by atoms with Gasteiger partial charge in [0.25, 0.3) is 5.92 Å². The van der Waals surface area contributed by atoms with Crippen molar-refractivity contribution >= 4 is 5.82 Å². The molecule has 1 aliphatic rings. The van der Waals surface area contributed by atoms with Crippen LogP contribution >= 0.6 is 0 Å². The predicted molar refractivity (Wildman–Crippen MR) is 63.4 cm³/mol. The number of hydrogen-bond donors (Lipinski definition) is 1. The molecule has 0 aromatic carbocycles. The molecular formula is C12H17F2N3. The molecule has 0 aliphatic carbocycles. The highest BCUT2D eigenvalue weighted by atomic mass is 19.3. The minimum Gasteiger partial charge on any atom is -0.356 e. The smallest absolute Gasteiger partial charge is 0.264 e. The summed E-state index contributed by atoms with van der Waals surface area (Å²) >= 11 is 0. The Hall–Kier alpha value is -1.23. The van der Waals surface area contributed by atoms with E-state index in [1.54, 1.807) is 18.3 Å². The molecule has 2 N–H and O–H groups in total. The number of anilines is 1. The van der Waals surface area contributed by atoms with E-state index in [1.807, 2.05) is 0 Å². The second kappa shape index (κ2) is 4.96. The van der Waals surface area contributed by atoms with E-state index in [4.69, 9.17) is 5.73 Å². The summed E-state index contributed by atoms with van der Waals surface area (Å²) in [6.07, 6.45) is 3.52. The van der Waals surface area contributed by atoms with Crippen LogP contribution in [0.2, 0.25) is 0 Å². The minimum atomic E-state index is -2.85. The largest absolute Gasteiger partial charge is 0.356 e. The molecule has 5 heteroatoms. The number of halogens is 2. The van der Waals surface area contributed by atoms with Crippen LogP contribution in [0.1, 0.15) is 18.4 Å². The summed E-state index contributed by atoms with van der Waals surface area (Å²) in [7, 11) is 0. The van der Waals surface area contributed by atoms with E-state index in [9.17, 15) is 8.78 Å².